The van der Waals surface area contributed by atoms with Gasteiger partial charge < -0.3 is 25.0 Å². The number of anilines is 2. The predicted molar refractivity (Wildman–Crippen MR) is 143 cm³/mol. The maximum Gasteiger partial charge on any atom is 0.256 e. The van der Waals surface area contributed by atoms with E-state index in [1.165, 1.54) is 6.08 Å². The Morgan fingerprint density at radius 1 is 0.973 bits per heavy atom. The second kappa shape index (κ2) is 11.8. The number of amides is 2. The van der Waals surface area contributed by atoms with Gasteiger partial charge in [-0.25, -0.2) is 4.98 Å². The number of fused-ring (bicyclic) bond motifs is 1. The van der Waals surface area contributed by atoms with Crippen LogP contribution in [0.1, 0.15) is 10.4 Å². The Labute approximate surface area is 214 Å². The van der Waals surface area contributed by atoms with Crippen LogP contribution in [0, 0.1) is 0 Å². The predicted octanol–water partition coefficient (Wildman–Crippen LogP) is 4.74. The average Bonchev–Trinajstić information content (AvgIpc) is 2.90. The highest BCUT2D eigenvalue weighted by atomic mass is 16.5. The van der Waals surface area contributed by atoms with Crippen LogP contribution in [0.15, 0.2) is 85.7 Å². The lowest BCUT2D eigenvalue weighted by molar-refractivity contribution is -0.111. The first-order chi connectivity index (χ1) is 17.9. The molecule has 0 aliphatic rings. The van der Waals surface area contributed by atoms with E-state index in [-0.39, 0.29) is 11.8 Å². The third kappa shape index (κ3) is 6.68. The minimum atomic E-state index is -0.359. The topological polar surface area (TPSA) is 106 Å². The molecule has 4 aromatic rings. The van der Waals surface area contributed by atoms with Gasteiger partial charge in [-0.05, 0) is 68.7 Å². The SMILES string of the molecule is C=CC(=O)Nc1cc2c(Oc3ccc(C(=O)Nc4ccccn4)cc3)ccnc2cc1OCCN(C)C. The summed E-state index contributed by atoms with van der Waals surface area (Å²) in [5.74, 6) is 1.40. The number of carbonyl (C=O) groups is 2. The highest BCUT2D eigenvalue weighted by molar-refractivity contribution is 6.04. The van der Waals surface area contributed by atoms with Crippen LogP contribution < -0.4 is 20.1 Å². The van der Waals surface area contributed by atoms with Crippen molar-refractivity contribution in [2.75, 3.05) is 37.9 Å². The van der Waals surface area contributed by atoms with Gasteiger partial charge in [0.15, 0.2) is 0 Å². The van der Waals surface area contributed by atoms with Crippen molar-refractivity contribution in [3.63, 3.8) is 0 Å². The van der Waals surface area contributed by atoms with Crippen LogP contribution in [0.4, 0.5) is 11.5 Å². The smallest absolute Gasteiger partial charge is 0.256 e. The molecule has 0 spiro atoms. The van der Waals surface area contributed by atoms with E-state index in [4.69, 9.17) is 9.47 Å². The lowest BCUT2D eigenvalue weighted by Crippen LogP contribution is -2.20. The molecule has 0 saturated carbocycles. The molecule has 0 atom stereocenters. The molecular formula is C28H27N5O4. The highest BCUT2D eigenvalue weighted by Gasteiger charge is 2.14. The van der Waals surface area contributed by atoms with E-state index in [2.05, 4.69) is 27.2 Å². The quantitative estimate of drug-likeness (QED) is 0.305. The molecule has 0 radical (unpaired) electrons. The van der Waals surface area contributed by atoms with Gasteiger partial charge in [-0.1, -0.05) is 12.6 Å². The largest absolute Gasteiger partial charge is 0.490 e. The molecule has 0 fully saturated rings. The van der Waals surface area contributed by atoms with Crippen molar-refractivity contribution in [3.8, 4) is 17.2 Å². The lowest BCUT2D eigenvalue weighted by atomic mass is 10.1. The first-order valence-electron chi connectivity index (χ1n) is 11.6. The van der Waals surface area contributed by atoms with Gasteiger partial charge in [-0.3, -0.25) is 14.6 Å². The van der Waals surface area contributed by atoms with Gasteiger partial charge >= 0.3 is 0 Å². The maximum atomic E-state index is 12.5. The number of nitrogens with zero attached hydrogens (tertiary/aromatic N) is 3. The van der Waals surface area contributed by atoms with E-state index in [1.807, 2.05) is 19.0 Å². The number of ether oxygens (including phenoxy) is 2. The van der Waals surface area contributed by atoms with Gasteiger partial charge in [0.25, 0.3) is 5.91 Å². The molecule has 4 rings (SSSR count). The van der Waals surface area contributed by atoms with Crippen molar-refractivity contribution in [2.24, 2.45) is 0 Å². The minimum Gasteiger partial charge on any atom is -0.490 e. The third-order valence-corrected chi connectivity index (χ3v) is 5.29. The molecule has 2 N–H and O–H groups in total. The van der Waals surface area contributed by atoms with Crippen LogP contribution in [-0.4, -0.2) is 53.9 Å². The fourth-order valence-corrected chi connectivity index (χ4v) is 3.40. The number of hydrogen-bond donors (Lipinski definition) is 2. The van der Waals surface area contributed by atoms with Gasteiger partial charge in [-0.15, -0.1) is 0 Å². The Morgan fingerprint density at radius 2 is 1.78 bits per heavy atom. The van der Waals surface area contributed by atoms with Crippen molar-refractivity contribution >= 4 is 34.2 Å². The van der Waals surface area contributed by atoms with E-state index in [9.17, 15) is 9.59 Å². The van der Waals surface area contributed by atoms with Gasteiger partial charge in [0.05, 0.1) is 11.2 Å². The van der Waals surface area contributed by atoms with Crippen LogP contribution in [-0.2, 0) is 4.79 Å². The van der Waals surface area contributed by atoms with Crippen molar-refractivity contribution in [1.82, 2.24) is 14.9 Å². The molecular weight excluding hydrogens is 470 g/mol. The van der Waals surface area contributed by atoms with E-state index in [0.717, 1.165) is 0 Å². The number of benzene rings is 2. The summed E-state index contributed by atoms with van der Waals surface area (Å²) < 4.78 is 12.0. The lowest BCUT2D eigenvalue weighted by Gasteiger charge is -2.16. The van der Waals surface area contributed by atoms with Crippen molar-refractivity contribution in [2.45, 2.75) is 0 Å². The Morgan fingerprint density at radius 3 is 2.49 bits per heavy atom. The van der Waals surface area contributed by atoms with Crippen molar-refractivity contribution in [1.29, 1.82) is 0 Å². The molecule has 2 heterocycles. The molecule has 0 saturated heterocycles. The molecule has 9 nitrogen and oxygen atoms in total. The summed E-state index contributed by atoms with van der Waals surface area (Å²) in [7, 11) is 3.91. The second-order valence-corrected chi connectivity index (χ2v) is 8.32. The van der Waals surface area contributed by atoms with Gasteiger partial charge in [0, 0.05) is 36.0 Å². The number of pyridine rings is 2. The normalized spacial score (nSPS) is 10.7. The Balaban J connectivity index is 1.57. The van der Waals surface area contributed by atoms with E-state index in [1.54, 1.807) is 73.1 Å². The standard InChI is InChI=1S/C28H27N5O4/c1-4-27(34)31-23-17-21-22(18-25(23)36-16-15-33(2)3)29-14-12-24(21)37-20-10-8-19(9-11-20)28(35)32-26-7-5-6-13-30-26/h4-14,17-18H,1,15-16H2,2-3H3,(H,31,34)(H,30,32,35). The fourth-order valence-electron chi connectivity index (χ4n) is 3.40. The number of likely N-dealkylation sites (N-methyl/N-ethyl adjacent to an activating group) is 1. The highest BCUT2D eigenvalue weighted by Crippen LogP contribution is 2.36. The summed E-state index contributed by atoms with van der Waals surface area (Å²) in [5.41, 5.74) is 1.59. The summed E-state index contributed by atoms with van der Waals surface area (Å²) in [4.78, 5) is 35.1. The van der Waals surface area contributed by atoms with E-state index in [0.29, 0.717) is 58.4 Å². The minimum absolute atomic E-state index is 0.274. The van der Waals surface area contributed by atoms with Gasteiger partial charge in [0.2, 0.25) is 5.91 Å². The Hall–Kier alpha value is -4.76. The number of rotatable bonds is 10. The van der Waals surface area contributed by atoms with E-state index < -0.39 is 0 Å². The Kier molecular flexibility index (Phi) is 8.07. The van der Waals surface area contributed by atoms with Crippen LogP contribution in [0.5, 0.6) is 17.2 Å². The fraction of sp³-hybridized carbons (Fsp3) is 0.143. The molecule has 2 aromatic heterocycles. The molecule has 2 aromatic carbocycles. The number of hydrogen-bond acceptors (Lipinski definition) is 7. The number of nitrogens with one attached hydrogen (secondary N) is 2. The first-order valence-corrected chi connectivity index (χ1v) is 11.6. The van der Waals surface area contributed by atoms with Crippen molar-refractivity contribution in [3.05, 3.63) is 91.3 Å². The molecule has 0 bridgehead atoms. The summed E-state index contributed by atoms with van der Waals surface area (Å²) in [6.07, 6.45) is 4.44. The zero-order chi connectivity index (χ0) is 26.2. The van der Waals surface area contributed by atoms with Crippen LogP contribution in [0.2, 0.25) is 0 Å². The molecule has 9 heteroatoms. The zero-order valence-corrected chi connectivity index (χ0v) is 20.6. The average molecular weight is 498 g/mol. The summed E-state index contributed by atoms with van der Waals surface area (Å²) in [6, 6.07) is 17.3. The molecule has 37 heavy (non-hydrogen) atoms. The van der Waals surface area contributed by atoms with Gasteiger partial charge in [0.1, 0.15) is 29.7 Å². The monoisotopic (exact) mass is 497 g/mol. The number of aromatic nitrogens is 2. The number of carbonyl (C=O) groups excluding carboxylic acids is 2. The summed E-state index contributed by atoms with van der Waals surface area (Å²) in [6.45, 7) is 4.67. The summed E-state index contributed by atoms with van der Waals surface area (Å²) in [5, 5.41) is 6.22. The van der Waals surface area contributed by atoms with Gasteiger partial charge in [-0.2, -0.15) is 0 Å². The van der Waals surface area contributed by atoms with Crippen LogP contribution in [0.3, 0.4) is 0 Å². The molecule has 0 unspecified atom stereocenters. The Bertz CT molecular complexity index is 1410. The van der Waals surface area contributed by atoms with Crippen LogP contribution in [0.25, 0.3) is 10.9 Å². The maximum absolute atomic E-state index is 12.5. The molecule has 0 aliphatic heterocycles. The van der Waals surface area contributed by atoms with E-state index >= 15 is 0 Å². The van der Waals surface area contributed by atoms with Crippen molar-refractivity contribution < 1.29 is 19.1 Å². The summed E-state index contributed by atoms with van der Waals surface area (Å²) >= 11 is 0. The molecule has 0 aliphatic carbocycles. The second-order valence-electron chi connectivity index (χ2n) is 8.32. The van der Waals surface area contributed by atoms with Crippen LogP contribution >= 0.6 is 0 Å². The zero-order valence-electron chi connectivity index (χ0n) is 20.6. The third-order valence-electron chi connectivity index (χ3n) is 5.29. The molecule has 188 valence electrons. The molecule has 2 amide bonds. The first kappa shape index (κ1) is 25.3.